The first-order chi connectivity index (χ1) is 21.4. The highest BCUT2D eigenvalue weighted by molar-refractivity contribution is 5.92. The molecule has 3 aromatic heterocycles. The number of aromatic nitrogens is 4. The van der Waals surface area contributed by atoms with Crippen LogP contribution >= 0.6 is 0 Å². The standard InChI is InChI=1S/C21H24F2N8O3.C9H14N2/c1-12(25-18-6-17(24-10-32)26-13(2)27-18)15-8-30-7-14(20(22)23)5-16(21(30)28-15)31(11-33)9-19(34)29(3)4;1-8(10-2)5-6-11-7-9-3-4-9/h5-8,10-12,20H,9H2,1-4H3,(H2,24,25,26,27,32);5-6,9H,2-4,7H2,1H3/b;8-5-,11-6?/t12-;/m1./s1. The van der Waals surface area contributed by atoms with Crippen LogP contribution in [-0.4, -0.2) is 83.1 Å². The molecule has 1 aliphatic carbocycles. The van der Waals surface area contributed by atoms with Crippen LogP contribution in [0.25, 0.3) is 5.65 Å². The molecule has 1 atom stereocenters. The lowest BCUT2D eigenvalue weighted by Crippen LogP contribution is -2.36. The first-order valence-corrected chi connectivity index (χ1v) is 14.1. The van der Waals surface area contributed by atoms with Crippen LogP contribution in [0, 0.1) is 12.8 Å². The Morgan fingerprint density at radius 3 is 2.49 bits per heavy atom. The van der Waals surface area contributed by atoms with Gasteiger partial charge in [0.1, 0.15) is 24.0 Å². The van der Waals surface area contributed by atoms with Crippen molar-refractivity contribution in [2.45, 2.75) is 46.1 Å². The summed E-state index contributed by atoms with van der Waals surface area (Å²) in [5, 5.41) is 5.59. The number of alkyl halides is 2. The average molecular weight is 625 g/mol. The third-order valence-electron chi connectivity index (χ3n) is 6.65. The number of aliphatic imine (C=N–C) groups is 2. The number of nitrogens with zero attached hydrogens (tertiary/aromatic N) is 8. The van der Waals surface area contributed by atoms with E-state index < -0.39 is 12.5 Å². The molecule has 0 aliphatic heterocycles. The Kier molecular flexibility index (Phi) is 12.3. The van der Waals surface area contributed by atoms with E-state index in [0.717, 1.165) is 29.1 Å². The second kappa shape index (κ2) is 16.1. The predicted molar refractivity (Wildman–Crippen MR) is 170 cm³/mol. The van der Waals surface area contributed by atoms with E-state index in [-0.39, 0.29) is 29.3 Å². The summed E-state index contributed by atoms with van der Waals surface area (Å²) in [7, 11) is 3.06. The number of nitrogens with one attached hydrogen (secondary N) is 2. The normalized spacial score (nSPS) is 13.6. The predicted octanol–water partition coefficient (Wildman–Crippen LogP) is 4.23. The Balaban J connectivity index is 0.000000423. The molecule has 0 saturated heterocycles. The first kappa shape index (κ1) is 34.4. The summed E-state index contributed by atoms with van der Waals surface area (Å²) in [5.41, 5.74) is 1.38. The van der Waals surface area contributed by atoms with Crippen molar-refractivity contribution < 1.29 is 23.2 Å². The highest BCUT2D eigenvalue weighted by atomic mass is 19.3. The number of amides is 3. The molecule has 3 heterocycles. The number of carbonyl (C=O) groups excluding carboxylic acids is 3. The van der Waals surface area contributed by atoms with Crippen LogP contribution in [-0.2, 0) is 14.4 Å². The van der Waals surface area contributed by atoms with E-state index in [9.17, 15) is 23.2 Å². The van der Waals surface area contributed by atoms with Crippen LogP contribution in [0.1, 0.15) is 56.2 Å². The zero-order valence-electron chi connectivity index (χ0n) is 25.9. The molecular weight excluding hydrogens is 586 g/mol. The zero-order chi connectivity index (χ0) is 33.1. The molecule has 3 amide bonds. The molecule has 0 aromatic carbocycles. The molecule has 0 bridgehead atoms. The number of anilines is 3. The molecule has 240 valence electrons. The highest BCUT2D eigenvalue weighted by Crippen LogP contribution is 2.30. The number of halogens is 2. The van der Waals surface area contributed by atoms with E-state index in [4.69, 9.17) is 0 Å². The molecule has 1 saturated carbocycles. The maximum Gasteiger partial charge on any atom is 0.265 e. The molecule has 45 heavy (non-hydrogen) atoms. The van der Waals surface area contributed by atoms with Crippen molar-refractivity contribution >= 4 is 54.6 Å². The van der Waals surface area contributed by atoms with Gasteiger partial charge < -0.3 is 24.8 Å². The fraction of sp³-hybridized carbons (Fsp3) is 0.400. The summed E-state index contributed by atoms with van der Waals surface area (Å²) in [4.78, 5) is 57.8. The number of pyridine rings is 1. The van der Waals surface area contributed by atoms with Crippen molar-refractivity contribution in [3.63, 3.8) is 0 Å². The Morgan fingerprint density at radius 1 is 1.18 bits per heavy atom. The van der Waals surface area contributed by atoms with Crippen LogP contribution in [0.4, 0.5) is 26.1 Å². The lowest BCUT2D eigenvalue weighted by Gasteiger charge is -2.20. The maximum atomic E-state index is 13.6. The number of carbonyl (C=O) groups is 3. The molecule has 1 aliphatic rings. The smallest absolute Gasteiger partial charge is 0.265 e. The Hall–Kier alpha value is -5.08. The van der Waals surface area contributed by atoms with Crippen molar-refractivity contribution in [2.75, 3.05) is 42.7 Å². The second-order valence-corrected chi connectivity index (χ2v) is 10.6. The number of hydrogen-bond acceptors (Lipinski definition) is 9. The zero-order valence-corrected chi connectivity index (χ0v) is 25.9. The SMILES string of the molecule is C=N/C(C)=C\C=NCC1CC1.Cc1nc(NC=O)cc(N[C@H](C)c2cn3cc(C(F)F)cc(N(C=O)CC(=O)N(C)C)c3n2)n1. The van der Waals surface area contributed by atoms with Gasteiger partial charge in [0.25, 0.3) is 6.43 Å². The quantitative estimate of drug-likeness (QED) is 0.201. The molecular formula is C30H38F2N10O3. The fourth-order valence-corrected chi connectivity index (χ4v) is 3.92. The lowest BCUT2D eigenvalue weighted by atomic mass is 10.2. The average Bonchev–Trinajstić information content (AvgIpc) is 3.72. The molecule has 13 nitrogen and oxygen atoms in total. The fourth-order valence-electron chi connectivity index (χ4n) is 3.92. The molecule has 0 spiro atoms. The third kappa shape index (κ3) is 10.3. The van der Waals surface area contributed by atoms with Crippen LogP contribution in [0.15, 0.2) is 46.3 Å². The van der Waals surface area contributed by atoms with Crippen molar-refractivity contribution in [3.8, 4) is 0 Å². The maximum absolute atomic E-state index is 13.6. The topological polar surface area (TPSA) is 150 Å². The van der Waals surface area contributed by atoms with Gasteiger partial charge in [-0.05, 0) is 58.4 Å². The summed E-state index contributed by atoms with van der Waals surface area (Å²) >= 11 is 0. The number of rotatable bonds is 14. The number of fused-ring (bicyclic) bond motifs is 1. The van der Waals surface area contributed by atoms with E-state index in [1.165, 1.54) is 48.5 Å². The Labute approximate surface area is 260 Å². The van der Waals surface area contributed by atoms with Gasteiger partial charge in [0.2, 0.25) is 18.7 Å². The van der Waals surface area contributed by atoms with Crippen molar-refractivity contribution in [1.29, 1.82) is 0 Å². The van der Waals surface area contributed by atoms with Crippen LogP contribution < -0.4 is 15.5 Å². The van der Waals surface area contributed by atoms with Gasteiger partial charge in [0.15, 0.2) is 5.65 Å². The van der Waals surface area contributed by atoms with Gasteiger partial charge in [-0.15, -0.1) is 0 Å². The minimum atomic E-state index is -2.80. The van der Waals surface area contributed by atoms with Gasteiger partial charge in [-0.25, -0.2) is 23.7 Å². The van der Waals surface area contributed by atoms with Crippen LogP contribution in [0.2, 0.25) is 0 Å². The van der Waals surface area contributed by atoms with Crippen molar-refractivity contribution in [1.82, 2.24) is 24.3 Å². The van der Waals surface area contributed by atoms with Gasteiger partial charge in [-0.1, -0.05) is 0 Å². The van der Waals surface area contributed by atoms with E-state index in [1.54, 1.807) is 20.0 Å². The third-order valence-corrected chi connectivity index (χ3v) is 6.65. The molecule has 15 heteroatoms. The summed E-state index contributed by atoms with van der Waals surface area (Å²) < 4.78 is 28.5. The Bertz CT molecular complexity index is 1570. The summed E-state index contributed by atoms with van der Waals surface area (Å²) in [5.74, 6) is 1.64. The number of imidazole rings is 1. The van der Waals surface area contributed by atoms with Crippen molar-refractivity contribution in [2.24, 2.45) is 15.9 Å². The monoisotopic (exact) mass is 624 g/mol. The molecule has 4 rings (SSSR count). The number of likely N-dealkylation sites (N-methyl/N-ethyl adjacent to an activating group) is 1. The van der Waals surface area contributed by atoms with E-state index in [1.807, 2.05) is 19.2 Å². The van der Waals surface area contributed by atoms with Gasteiger partial charge >= 0.3 is 0 Å². The lowest BCUT2D eigenvalue weighted by molar-refractivity contribution is -0.128. The summed E-state index contributed by atoms with van der Waals surface area (Å²) in [6.07, 6.45) is 7.32. The molecule has 1 fully saturated rings. The highest BCUT2D eigenvalue weighted by Gasteiger charge is 2.22. The van der Waals surface area contributed by atoms with Gasteiger partial charge in [-0.2, -0.15) is 0 Å². The van der Waals surface area contributed by atoms with Crippen LogP contribution in [0.5, 0.6) is 0 Å². The largest absolute Gasteiger partial charge is 0.362 e. The molecule has 2 N–H and O–H groups in total. The Morgan fingerprint density at radius 2 is 1.89 bits per heavy atom. The minimum absolute atomic E-state index is 0.0804. The van der Waals surface area contributed by atoms with Gasteiger partial charge in [-0.3, -0.25) is 24.4 Å². The van der Waals surface area contributed by atoms with Crippen LogP contribution in [0.3, 0.4) is 0 Å². The summed E-state index contributed by atoms with van der Waals surface area (Å²) in [6.45, 7) is 9.42. The molecule has 0 radical (unpaired) electrons. The molecule has 0 unspecified atom stereocenters. The number of aryl methyl sites for hydroxylation is 1. The van der Waals surface area contributed by atoms with E-state index in [2.05, 4.69) is 42.3 Å². The number of hydrogen-bond donors (Lipinski definition) is 2. The van der Waals surface area contributed by atoms with Gasteiger partial charge in [0, 0.05) is 56.6 Å². The van der Waals surface area contributed by atoms with E-state index >= 15 is 0 Å². The number of allylic oxidation sites excluding steroid dienone is 2. The van der Waals surface area contributed by atoms with Gasteiger partial charge in [0.05, 0.1) is 17.4 Å². The second-order valence-electron chi connectivity index (χ2n) is 10.6. The first-order valence-electron chi connectivity index (χ1n) is 14.1. The van der Waals surface area contributed by atoms with E-state index in [0.29, 0.717) is 36.0 Å². The summed E-state index contributed by atoms with van der Waals surface area (Å²) in [6, 6.07) is 2.25. The molecule has 3 aromatic rings. The minimum Gasteiger partial charge on any atom is -0.362 e. The van der Waals surface area contributed by atoms with Crippen molar-refractivity contribution in [3.05, 3.63) is 53.4 Å².